The summed E-state index contributed by atoms with van der Waals surface area (Å²) in [4.78, 5) is 21.3. The molecule has 1 aromatic rings. The molecule has 1 aliphatic heterocycles. The normalized spacial score (nSPS) is 16.5. The summed E-state index contributed by atoms with van der Waals surface area (Å²) >= 11 is 0. The standard InChI is InChI=1S/C13H17NO8S/c1-10-4-6-12(7-5-10)23(16,17)22-21-20-19-11(2)13(15)14-8-3-9-18-14/h4-7,11H,3,8-9H2,1-2H3. The number of amides is 1. The minimum Gasteiger partial charge on any atom is -0.271 e. The van der Waals surface area contributed by atoms with Crippen molar-refractivity contribution in [2.24, 2.45) is 0 Å². The van der Waals surface area contributed by atoms with Gasteiger partial charge in [0, 0.05) is 0 Å². The Morgan fingerprint density at radius 3 is 2.57 bits per heavy atom. The third-order valence-corrected chi connectivity index (χ3v) is 4.07. The van der Waals surface area contributed by atoms with Gasteiger partial charge in [0.2, 0.25) is 0 Å². The van der Waals surface area contributed by atoms with Crippen molar-refractivity contribution in [3.05, 3.63) is 29.8 Å². The molecule has 0 N–H and O–H groups in total. The highest BCUT2D eigenvalue weighted by Crippen LogP contribution is 2.14. The quantitative estimate of drug-likeness (QED) is 0.410. The first-order valence-electron chi connectivity index (χ1n) is 6.84. The number of hydroxylamine groups is 2. The van der Waals surface area contributed by atoms with Gasteiger partial charge in [-0.3, -0.25) is 9.63 Å². The van der Waals surface area contributed by atoms with E-state index in [-0.39, 0.29) is 4.90 Å². The Morgan fingerprint density at radius 2 is 1.96 bits per heavy atom. The van der Waals surface area contributed by atoms with Gasteiger partial charge in [0.25, 0.3) is 5.91 Å². The predicted octanol–water partition coefficient (Wildman–Crippen LogP) is 1.05. The average Bonchev–Trinajstić information content (AvgIpc) is 3.05. The van der Waals surface area contributed by atoms with Gasteiger partial charge < -0.3 is 0 Å². The van der Waals surface area contributed by atoms with E-state index in [4.69, 9.17) is 4.84 Å². The molecule has 1 unspecified atom stereocenters. The van der Waals surface area contributed by atoms with E-state index in [2.05, 4.69) is 19.3 Å². The number of carbonyl (C=O) groups excluding carboxylic acids is 1. The van der Waals surface area contributed by atoms with E-state index < -0.39 is 22.1 Å². The van der Waals surface area contributed by atoms with E-state index in [0.29, 0.717) is 13.2 Å². The largest absolute Gasteiger partial charge is 0.325 e. The van der Waals surface area contributed by atoms with Gasteiger partial charge in [0.1, 0.15) is 0 Å². The van der Waals surface area contributed by atoms with E-state index in [9.17, 15) is 13.2 Å². The van der Waals surface area contributed by atoms with Gasteiger partial charge in [0.15, 0.2) is 6.10 Å². The third-order valence-electron chi connectivity index (χ3n) is 2.98. The molecule has 0 aromatic heterocycles. The number of aryl methyl sites for hydroxylation is 1. The molecule has 1 saturated heterocycles. The Hall–Kier alpha value is -1.56. The summed E-state index contributed by atoms with van der Waals surface area (Å²) < 4.78 is 27.7. The predicted molar refractivity (Wildman–Crippen MR) is 74.4 cm³/mol. The first-order valence-corrected chi connectivity index (χ1v) is 8.25. The highest BCUT2D eigenvalue weighted by Gasteiger charge is 2.26. The smallest absolute Gasteiger partial charge is 0.271 e. The molecule has 0 aliphatic carbocycles. The van der Waals surface area contributed by atoms with Crippen LogP contribution in [0, 0.1) is 6.92 Å². The maximum atomic E-state index is 11.8. The minimum absolute atomic E-state index is 0.110. The lowest BCUT2D eigenvalue weighted by atomic mass is 10.2. The highest BCUT2D eigenvalue weighted by molar-refractivity contribution is 7.86. The molecular formula is C13H17NO8S. The first-order chi connectivity index (χ1) is 10.9. The van der Waals surface area contributed by atoms with Crippen LogP contribution in [0.25, 0.3) is 0 Å². The molecule has 1 aliphatic rings. The van der Waals surface area contributed by atoms with Crippen LogP contribution in [0.4, 0.5) is 0 Å². The van der Waals surface area contributed by atoms with Crippen molar-refractivity contribution in [3.8, 4) is 0 Å². The van der Waals surface area contributed by atoms with Crippen molar-refractivity contribution >= 4 is 16.0 Å². The van der Waals surface area contributed by atoms with Crippen molar-refractivity contribution in [2.75, 3.05) is 13.2 Å². The van der Waals surface area contributed by atoms with E-state index in [1.807, 2.05) is 6.92 Å². The summed E-state index contributed by atoms with van der Waals surface area (Å²) in [6.45, 7) is 4.11. The van der Waals surface area contributed by atoms with Gasteiger partial charge in [-0.15, -0.1) is 0 Å². The number of rotatable bonds is 7. The molecule has 23 heavy (non-hydrogen) atoms. The van der Waals surface area contributed by atoms with Crippen molar-refractivity contribution in [3.63, 3.8) is 0 Å². The number of carbonyl (C=O) groups is 1. The molecule has 128 valence electrons. The van der Waals surface area contributed by atoms with E-state index in [0.717, 1.165) is 17.0 Å². The number of hydrogen-bond acceptors (Lipinski definition) is 8. The molecule has 0 spiro atoms. The summed E-state index contributed by atoms with van der Waals surface area (Å²) in [5.74, 6) is -0.479. The van der Waals surface area contributed by atoms with Crippen LogP contribution in [0.2, 0.25) is 0 Å². The lowest BCUT2D eigenvalue weighted by Gasteiger charge is -2.17. The van der Waals surface area contributed by atoms with Gasteiger partial charge in [-0.1, -0.05) is 22.0 Å². The summed E-state index contributed by atoms with van der Waals surface area (Å²) in [6.07, 6.45) is -0.327. The van der Waals surface area contributed by atoms with Crippen LogP contribution in [0.5, 0.6) is 0 Å². The van der Waals surface area contributed by atoms with Crippen LogP contribution in [-0.2, 0) is 39.0 Å². The zero-order valence-corrected chi connectivity index (χ0v) is 13.4. The fourth-order valence-corrected chi connectivity index (χ4v) is 2.38. The lowest BCUT2D eigenvalue weighted by Crippen LogP contribution is -2.36. The summed E-state index contributed by atoms with van der Waals surface area (Å²) in [6, 6.07) is 5.91. The molecule has 0 bridgehead atoms. The second-order valence-corrected chi connectivity index (χ2v) is 6.35. The number of benzene rings is 1. The van der Waals surface area contributed by atoms with Gasteiger partial charge in [-0.2, -0.15) is 13.3 Å². The van der Waals surface area contributed by atoms with Gasteiger partial charge in [0.05, 0.1) is 18.0 Å². The molecule has 1 heterocycles. The zero-order chi connectivity index (χ0) is 16.9. The van der Waals surface area contributed by atoms with Gasteiger partial charge in [-0.25, -0.2) is 5.06 Å². The Kier molecular flexibility index (Phi) is 6.04. The maximum Gasteiger partial charge on any atom is 0.325 e. The SMILES string of the molecule is Cc1ccc(S(=O)(=O)OOOOC(C)C(=O)N2CCCO2)cc1. The number of nitrogens with zero attached hydrogens (tertiary/aromatic N) is 1. The zero-order valence-electron chi connectivity index (χ0n) is 12.6. The number of hydrogen-bond donors (Lipinski definition) is 0. The molecular weight excluding hydrogens is 330 g/mol. The summed E-state index contributed by atoms with van der Waals surface area (Å²) in [5.41, 5.74) is 0.890. The van der Waals surface area contributed by atoms with Crippen LogP contribution in [0.1, 0.15) is 18.9 Å². The van der Waals surface area contributed by atoms with E-state index in [1.54, 1.807) is 12.1 Å². The Labute approximate surface area is 133 Å². The molecule has 10 heteroatoms. The summed E-state index contributed by atoms with van der Waals surface area (Å²) in [7, 11) is -4.16. The van der Waals surface area contributed by atoms with Crippen LogP contribution >= 0.6 is 0 Å². The second kappa shape index (κ2) is 7.81. The van der Waals surface area contributed by atoms with Crippen molar-refractivity contribution < 1.29 is 37.3 Å². The molecule has 1 aromatic carbocycles. The average molecular weight is 347 g/mol. The third kappa shape index (κ3) is 4.96. The summed E-state index contributed by atoms with van der Waals surface area (Å²) in [5, 5.41) is 9.33. The molecule has 0 radical (unpaired) electrons. The highest BCUT2D eigenvalue weighted by atomic mass is 32.2. The molecule has 2 rings (SSSR count). The minimum atomic E-state index is -4.16. The maximum absolute atomic E-state index is 11.8. The van der Waals surface area contributed by atoms with Crippen LogP contribution in [0.3, 0.4) is 0 Å². The van der Waals surface area contributed by atoms with Crippen LogP contribution in [-0.4, -0.2) is 38.6 Å². The first kappa shape index (κ1) is 17.8. The topological polar surface area (TPSA) is 101 Å². The fraction of sp³-hybridized carbons (Fsp3) is 0.462. The molecule has 0 saturated carbocycles. The molecule has 1 amide bonds. The lowest BCUT2D eigenvalue weighted by molar-refractivity contribution is -0.611. The van der Waals surface area contributed by atoms with Crippen LogP contribution < -0.4 is 0 Å². The van der Waals surface area contributed by atoms with E-state index in [1.165, 1.54) is 19.1 Å². The van der Waals surface area contributed by atoms with Crippen molar-refractivity contribution in [1.82, 2.24) is 5.06 Å². The van der Waals surface area contributed by atoms with Gasteiger partial charge in [-0.05, 0) is 42.5 Å². The van der Waals surface area contributed by atoms with Gasteiger partial charge >= 0.3 is 10.1 Å². The second-order valence-electron chi connectivity index (χ2n) is 4.84. The van der Waals surface area contributed by atoms with Crippen molar-refractivity contribution in [1.29, 1.82) is 0 Å². The van der Waals surface area contributed by atoms with E-state index >= 15 is 0 Å². The Morgan fingerprint density at radius 1 is 1.26 bits per heavy atom. The molecule has 9 nitrogen and oxygen atoms in total. The Balaban J connectivity index is 1.75. The fourth-order valence-electron chi connectivity index (χ4n) is 1.73. The molecule has 1 fully saturated rings. The van der Waals surface area contributed by atoms with Crippen LogP contribution in [0.15, 0.2) is 29.2 Å². The monoisotopic (exact) mass is 347 g/mol. The Bertz CT molecular complexity index is 624. The molecule has 1 atom stereocenters. The van der Waals surface area contributed by atoms with Crippen molar-refractivity contribution in [2.45, 2.75) is 31.3 Å².